The second-order valence-corrected chi connectivity index (χ2v) is 4.72. The summed E-state index contributed by atoms with van der Waals surface area (Å²) in [4.78, 5) is 0. The molecule has 0 atom stereocenters. The molecule has 0 aliphatic heterocycles. The van der Waals surface area contributed by atoms with Crippen molar-refractivity contribution in [2.75, 3.05) is 11.5 Å². The maximum atomic E-state index is 9.86. The van der Waals surface area contributed by atoms with Crippen LogP contribution in [0.15, 0.2) is 0 Å². The van der Waals surface area contributed by atoms with Crippen LogP contribution in [0.1, 0.15) is 2.85 Å². The summed E-state index contributed by atoms with van der Waals surface area (Å²) in [5.41, 5.74) is 0. The maximum Gasteiger partial charge on any atom is 2.00 e. The van der Waals surface area contributed by atoms with E-state index < -0.39 is 31.7 Å². The molecule has 11 heavy (non-hydrogen) atoms. The largest absolute Gasteiger partial charge is 2.00 e. The molecule has 6 nitrogen and oxygen atoms in total. The number of hydrogen-bond acceptors (Lipinski definition) is 4. The molecule has 0 spiro atoms. The van der Waals surface area contributed by atoms with Gasteiger partial charge in [-0.05, 0) is 0 Å². The van der Waals surface area contributed by atoms with Crippen LogP contribution in [0.25, 0.3) is 0 Å². The van der Waals surface area contributed by atoms with Gasteiger partial charge in [-0.25, -0.2) is 0 Å². The van der Waals surface area contributed by atoms with Gasteiger partial charge in [0.05, 0.1) is 11.5 Å². The maximum absolute atomic E-state index is 9.86. The molecule has 66 valence electrons. The van der Waals surface area contributed by atoms with Crippen LogP contribution in [0.4, 0.5) is 0 Å². The Morgan fingerprint density at radius 2 is 1.09 bits per heavy atom. The predicted octanol–water partition coefficient (Wildman–Crippen LogP) is -1.39. The summed E-state index contributed by atoms with van der Waals surface area (Å²) >= 11 is 0. The molecule has 0 aliphatic carbocycles. The first-order chi connectivity index (χ1) is 4.21. The van der Waals surface area contributed by atoms with Gasteiger partial charge >= 0.3 is 48.9 Å². The predicted molar refractivity (Wildman–Crippen MR) is 40.8 cm³/mol. The third-order valence-corrected chi connectivity index (χ3v) is 2.30. The van der Waals surface area contributed by atoms with Crippen molar-refractivity contribution >= 4 is 69.1 Å². The smallest absolute Gasteiger partial charge is 1.00 e. The molecule has 0 aliphatic rings. The molecule has 0 aromatic carbocycles. The molecule has 0 saturated carbocycles. The first-order valence-electron chi connectivity index (χ1n) is 2.11. The Hall–Kier alpha value is 1.39. The summed E-state index contributed by atoms with van der Waals surface area (Å²) in [5.74, 6) is -1.96. The van der Waals surface area contributed by atoms with Crippen LogP contribution in [0.3, 0.4) is 0 Å². The van der Waals surface area contributed by atoms with Crippen LogP contribution < -0.4 is 0 Å². The Morgan fingerprint density at radius 3 is 1.18 bits per heavy atom. The Bertz CT molecular complexity index is 263. The molecule has 0 rings (SSSR count). The van der Waals surface area contributed by atoms with Crippen molar-refractivity contribution in [2.24, 2.45) is 0 Å². The summed E-state index contributed by atoms with van der Waals surface area (Å²) in [7, 11) is -8.59. The first kappa shape index (κ1) is 14.9. The molecule has 0 unspecified atom stereocenters. The Labute approximate surface area is 108 Å². The van der Waals surface area contributed by atoms with Gasteiger partial charge in [0.25, 0.3) is 20.2 Å². The van der Waals surface area contributed by atoms with Crippen LogP contribution in [0.2, 0.25) is 0 Å². The van der Waals surface area contributed by atoms with E-state index in [-0.39, 0.29) is 51.7 Å². The van der Waals surface area contributed by atoms with Crippen molar-refractivity contribution in [2.45, 2.75) is 0 Å². The van der Waals surface area contributed by atoms with Crippen molar-refractivity contribution in [3.8, 4) is 0 Å². The minimum absolute atomic E-state index is 0. The van der Waals surface area contributed by atoms with Crippen LogP contribution in [-0.2, 0) is 20.2 Å². The van der Waals surface area contributed by atoms with E-state index in [1.165, 1.54) is 0 Å². The van der Waals surface area contributed by atoms with Crippen molar-refractivity contribution in [3.63, 3.8) is 0 Å². The third kappa shape index (κ3) is 14.3. The third-order valence-electron chi connectivity index (χ3n) is 0.599. The SMILES string of the molecule is O=S(=O)(O)CCS(=O)(=O)O.[Ba+2].[H-].[H-]. The van der Waals surface area contributed by atoms with E-state index in [2.05, 4.69) is 0 Å². The second kappa shape index (κ2) is 5.19. The zero-order chi connectivity index (χ0) is 8.41. The van der Waals surface area contributed by atoms with Crippen LogP contribution >= 0.6 is 0 Å². The molecule has 0 aromatic heterocycles. The molecule has 0 aromatic rings. The fraction of sp³-hybridized carbons (Fsp3) is 1.00. The van der Waals surface area contributed by atoms with E-state index in [9.17, 15) is 16.8 Å². The molecule has 0 bridgehead atoms. The molecule has 0 amide bonds. The molecular formula is C2H8BaO6S2. The minimum Gasteiger partial charge on any atom is -1.00 e. The van der Waals surface area contributed by atoms with E-state index in [1.54, 1.807) is 0 Å². The normalized spacial score (nSPS) is 12.2. The van der Waals surface area contributed by atoms with E-state index in [0.29, 0.717) is 0 Å². The van der Waals surface area contributed by atoms with Gasteiger partial charge in [-0.1, -0.05) is 0 Å². The van der Waals surface area contributed by atoms with Gasteiger partial charge in [0.1, 0.15) is 0 Å². The van der Waals surface area contributed by atoms with E-state index in [0.717, 1.165) is 0 Å². The zero-order valence-corrected chi connectivity index (χ0v) is 11.5. The van der Waals surface area contributed by atoms with Gasteiger partial charge in [-0.3, -0.25) is 9.11 Å². The number of rotatable bonds is 3. The van der Waals surface area contributed by atoms with E-state index in [4.69, 9.17) is 9.11 Å². The van der Waals surface area contributed by atoms with Gasteiger partial charge in [0.2, 0.25) is 0 Å². The van der Waals surface area contributed by atoms with Crippen molar-refractivity contribution in [1.29, 1.82) is 0 Å². The Morgan fingerprint density at radius 1 is 0.909 bits per heavy atom. The van der Waals surface area contributed by atoms with E-state index in [1.807, 2.05) is 0 Å². The fourth-order valence-electron chi connectivity index (χ4n) is 0.211. The summed E-state index contributed by atoms with van der Waals surface area (Å²) in [6.07, 6.45) is 0. The molecule has 0 fully saturated rings. The van der Waals surface area contributed by atoms with Gasteiger partial charge in [0.15, 0.2) is 0 Å². The number of hydrogen-bond donors (Lipinski definition) is 2. The van der Waals surface area contributed by atoms with Crippen LogP contribution in [0.5, 0.6) is 0 Å². The topological polar surface area (TPSA) is 109 Å². The summed E-state index contributed by atoms with van der Waals surface area (Å²) in [5, 5.41) is 0. The van der Waals surface area contributed by atoms with Crippen LogP contribution in [-0.4, -0.2) is 86.3 Å². The summed E-state index contributed by atoms with van der Waals surface area (Å²) in [6, 6.07) is 0. The zero-order valence-electron chi connectivity index (χ0n) is 7.47. The standard InChI is InChI=1S/C2H6O6S2.Ba.2H/c3-9(4,5)1-2-10(6,7)8;;;/h1-2H2,(H,3,4,5)(H,6,7,8);;;/q;+2;2*-1. The average molecular weight is 330 g/mol. The molecule has 0 heterocycles. The van der Waals surface area contributed by atoms with Gasteiger partial charge in [-0.2, -0.15) is 16.8 Å². The van der Waals surface area contributed by atoms with Gasteiger partial charge < -0.3 is 2.85 Å². The van der Waals surface area contributed by atoms with E-state index >= 15 is 0 Å². The molecule has 0 radical (unpaired) electrons. The van der Waals surface area contributed by atoms with Crippen molar-refractivity contribution < 1.29 is 28.8 Å². The summed E-state index contributed by atoms with van der Waals surface area (Å²) < 4.78 is 55.4. The molecular weight excluding hydrogens is 321 g/mol. The fourth-order valence-corrected chi connectivity index (χ4v) is 1.90. The monoisotopic (exact) mass is 330 g/mol. The molecule has 9 heteroatoms. The van der Waals surface area contributed by atoms with Crippen molar-refractivity contribution in [3.05, 3.63) is 0 Å². The quantitative estimate of drug-likeness (QED) is 0.487. The molecule has 0 saturated heterocycles. The summed E-state index contributed by atoms with van der Waals surface area (Å²) in [6.45, 7) is 0. The Kier molecular flexibility index (Phi) is 7.03. The van der Waals surface area contributed by atoms with Gasteiger partial charge in [-0.15, -0.1) is 0 Å². The Balaban J connectivity index is -0.000000135. The van der Waals surface area contributed by atoms with Crippen molar-refractivity contribution in [1.82, 2.24) is 0 Å². The van der Waals surface area contributed by atoms with Gasteiger partial charge in [0, 0.05) is 0 Å². The minimum atomic E-state index is -4.30. The van der Waals surface area contributed by atoms with Crippen LogP contribution in [0, 0.1) is 0 Å². The second-order valence-electron chi connectivity index (χ2n) is 1.57. The molecule has 2 N–H and O–H groups in total. The first-order valence-corrected chi connectivity index (χ1v) is 5.33. The average Bonchev–Trinajstić information content (AvgIpc) is 1.57.